The maximum Gasteiger partial charge on any atom is 0.0223 e. The summed E-state index contributed by atoms with van der Waals surface area (Å²) >= 11 is 5.38. The third-order valence-electron chi connectivity index (χ3n) is 3.70. The molecule has 0 aromatic heterocycles. The SMILES string of the molecule is CCCCCCCCCCCCN(C)C.CCCCCCl.Cl. The van der Waals surface area contributed by atoms with Crippen molar-refractivity contribution in [3.63, 3.8) is 0 Å². The van der Waals surface area contributed by atoms with Crippen LogP contribution in [0.1, 0.15) is 97.3 Å². The lowest BCUT2D eigenvalue weighted by molar-refractivity contribution is 0.389. The summed E-state index contributed by atoms with van der Waals surface area (Å²) in [5.74, 6) is 0.827. The van der Waals surface area contributed by atoms with Crippen molar-refractivity contribution in [2.75, 3.05) is 26.5 Å². The minimum Gasteiger partial charge on any atom is -0.309 e. The number of unbranched alkanes of at least 4 members (excludes halogenated alkanes) is 11. The van der Waals surface area contributed by atoms with Gasteiger partial charge in [0, 0.05) is 5.88 Å². The topological polar surface area (TPSA) is 3.24 Å². The van der Waals surface area contributed by atoms with Crippen LogP contribution in [-0.2, 0) is 0 Å². The van der Waals surface area contributed by atoms with E-state index in [-0.39, 0.29) is 12.4 Å². The highest BCUT2D eigenvalue weighted by atomic mass is 35.5. The second-order valence-corrected chi connectivity index (χ2v) is 6.76. The molecule has 0 N–H and O–H groups in total. The second kappa shape index (κ2) is 26.4. The molecule has 1 nitrogen and oxygen atoms in total. The van der Waals surface area contributed by atoms with Crippen molar-refractivity contribution in [2.24, 2.45) is 0 Å². The summed E-state index contributed by atoms with van der Waals surface area (Å²) in [5, 5.41) is 0. The molecule has 0 aliphatic rings. The molecule has 0 aromatic carbocycles. The van der Waals surface area contributed by atoms with Crippen molar-refractivity contribution < 1.29 is 0 Å². The number of rotatable bonds is 14. The summed E-state index contributed by atoms with van der Waals surface area (Å²) in [6.45, 7) is 5.72. The van der Waals surface area contributed by atoms with Gasteiger partial charge in [0.1, 0.15) is 0 Å². The summed E-state index contributed by atoms with van der Waals surface area (Å²) in [6, 6.07) is 0. The number of hydrogen-bond acceptors (Lipinski definition) is 1. The van der Waals surface area contributed by atoms with Gasteiger partial charge < -0.3 is 4.90 Å². The van der Waals surface area contributed by atoms with E-state index in [1.54, 1.807) is 0 Å². The molecule has 0 amide bonds. The third-order valence-corrected chi connectivity index (χ3v) is 3.96. The van der Waals surface area contributed by atoms with Crippen LogP contribution >= 0.6 is 24.0 Å². The Morgan fingerprint density at radius 2 is 0.955 bits per heavy atom. The van der Waals surface area contributed by atoms with Gasteiger partial charge in [-0.3, -0.25) is 0 Å². The molecule has 22 heavy (non-hydrogen) atoms. The Labute approximate surface area is 153 Å². The van der Waals surface area contributed by atoms with Crippen molar-refractivity contribution >= 4 is 24.0 Å². The number of nitrogens with zero attached hydrogens (tertiary/aromatic N) is 1. The minimum absolute atomic E-state index is 0. The van der Waals surface area contributed by atoms with Crippen LogP contribution < -0.4 is 0 Å². The first kappa shape index (κ1) is 27.4. The van der Waals surface area contributed by atoms with E-state index in [9.17, 15) is 0 Å². The number of halogens is 2. The van der Waals surface area contributed by atoms with E-state index in [2.05, 4.69) is 32.8 Å². The van der Waals surface area contributed by atoms with E-state index >= 15 is 0 Å². The van der Waals surface area contributed by atoms with Crippen molar-refractivity contribution in [3.05, 3.63) is 0 Å². The molecule has 0 heterocycles. The lowest BCUT2D eigenvalue weighted by atomic mass is 10.1. The van der Waals surface area contributed by atoms with Crippen LogP contribution in [0.5, 0.6) is 0 Å². The zero-order valence-corrected chi connectivity index (χ0v) is 17.4. The molecule has 3 heteroatoms. The maximum atomic E-state index is 5.38. The Balaban J connectivity index is -0.000000439. The van der Waals surface area contributed by atoms with Crippen LogP contribution in [-0.4, -0.2) is 31.4 Å². The van der Waals surface area contributed by atoms with Crippen LogP contribution in [0.15, 0.2) is 0 Å². The minimum atomic E-state index is 0. The first-order valence-electron chi connectivity index (χ1n) is 9.39. The molecule has 0 bridgehead atoms. The van der Waals surface area contributed by atoms with Crippen LogP contribution in [0, 0.1) is 0 Å². The summed E-state index contributed by atoms with van der Waals surface area (Å²) in [4.78, 5) is 2.28. The van der Waals surface area contributed by atoms with Crippen molar-refractivity contribution in [2.45, 2.75) is 97.3 Å². The van der Waals surface area contributed by atoms with E-state index in [0.29, 0.717) is 0 Å². The molecule has 0 saturated heterocycles. The molecule has 0 saturated carbocycles. The summed E-state index contributed by atoms with van der Waals surface area (Å²) in [6.07, 6.45) is 18.1. The zero-order chi connectivity index (χ0) is 16.2. The Bertz CT molecular complexity index is 160. The lowest BCUT2D eigenvalue weighted by Gasteiger charge is -2.08. The maximum absolute atomic E-state index is 5.38. The van der Waals surface area contributed by atoms with Crippen molar-refractivity contribution in [3.8, 4) is 0 Å². The molecule has 0 atom stereocenters. The Morgan fingerprint density at radius 1 is 0.591 bits per heavy atom. The molecule has 0 unspecified atom stereocenters. The number of hydrogen-bond donors (Lipinski definition) is 0. The first-order valence-corrected chi connectivity index (χ1v) is 9.93. The van der Waals surface area contributed by atoms with Gasteiger partial charge in [0.05, 0.1) is 0 Å². The molecule has 0 rings (SSSR count). The Hall–Kier alpha value is 0.540. The third kappa shape index (κ3) is 32.5. The number of alkyl halides is 1. The molecule has 0 spiro atoms. The first-order chi connectivity index (χ1) is 10.2. The molecule has 0 fully saturated rings. The van der Waals surface area contributed by atoms with E-state index in [1.165, 1.54) is 90.0 Å². The monoisotopic (exact) mass is 355 g/mol. The van der Waals surface area contributed by atoms with Gasteiger partial charge in [-0.15, -0.1) is 24.0 Å². The molecule has 138 valence electrons. The van der Waals surface area contributed by atoms with Crippen LogP contribution in [0.2, 0.25) is 0 Å². The molecular weight excluding hydrogens is 313 g/mol. The average Bonchev–Trinajstić information content (AvgIpc) is 2.47. The van der Waals surface area contributed by atoms with E-state index < -0.39 is 0 Å². The quantitative estimate of drug-likeness (QED) is 0.233. The fourth-order valence-electron chi connectivity index (χ4n) is 2.26. The Morgan fingerprint density at radius 3 is 1.27 bits per heavy atom. The smallest absolute Gasteiger partial charge is 0.0223 e. The van der Waals surface area contributed by atoms with Gasteiger partial charge >= 0.3 is 0 Å². The summed E-state index contributed by atoms with van der Waals surface area (Å²) < 4.78 is 0. The molecule has 0 aliphatic heterocycles. The average molecular weight is 356 g/mol. The van der Waals surface area contributed by atoms with E-state index in [0.717, 1.165) is 5.88 Å². The van der Waals surface area contributed by atoms with Gasteiger partial charge in [-0.2, -0.15) is 0 Å². The lowest BCUT2D eigenvalue weighted by Crippen LogP contribution is -2.12. The molecule has 0 radical (unpaired) electrons. The van der Waals surface area contributed by atoms with Gasteiger partial charge in [0.2, 0.25) is 0 Å². The van der Waals surface area contributed by atoms with Gasteiger partial charge in [0.25, 0.3) is 0 Å². The van der Waals surface area contributed by atoms with Gasteiger partial charge in [-0.05, 0) is 33.5 Å². The molecule has 0 aliphatic carbocycles. The van der Waals surface area contributed by atoms with E-state index in [4.69, 9.17) is 11.6 Å². The normalized spacial score (nSPS) is 10.1. The summed E-state index contributed by atoms with van der Waals surface area (Å²) in [5.41, 5.74) is 0. The Kier molecular flexibility index (Phi) is 32.9. The predicted octanol–water partition coefficient (Wildman–Crippen LogP) is 7.31. The standard InChI is InChI=1S/C14H31N.C5H11Cl.ClH/c1-4-5-6-7-8-9-10-11-12-13-14-15(2)3;1-2-3-4-5-6;/h4-14H2,1-3H3;2-5H2,1H3;1H. The highest BCUT2D eigenvalue weighted by Gasteiger charge is 1.93. The van der Waals surface area contributed by atoms with Crippen molar-refractivity contribution in [1.82, 2.24) is 4.90 Å². The highest BCUT2D eigenvalue weighted by molar-refractivity contribution is 6.17. The summed E-state index contributed by atoms with van der Waals surface area (Å²) in [7, 11) is 4.32. The van der Waals surface area contributed by atoms with Gasteiger partial charge in [-0.25, -0.2) is 0 Å². The van der Waals surface area contributed by atoms with Crippen molar-refractivity contribution in [1.29, 1.82) is 0 Å². The second-order valence-electron chi connectivity index (χ2n) is 6.38. The molecule has 0 aromatic rings. The largest absolute Gasteiger partial charge is 0.309 e. The highest BCUT2D eigenvalue weighted by Crippen LogP contribution is 2.10. The van der Waals surface area contributed by atoms with Gasteiger partial charge in [-0.1, -0.05) is 84.5 Å². The molecular formula is C19H43Cl2N. The van der Waals surface area contributed by atoms with E-state index in [1.807, 2.05) is 0 Å². The fraction of sp³-hybridized carbons (Fsp3) is 1.00. The van der Waals surface area contributed by atoms with Gasteiger partial charge in [0.15, 0.2) is 0 Å². The van der Waals surface area contributed by atoms with Crippen LogP contribution in [0.3, 0.4) is 0 Å². The predicted molar refractivity (Wildman–Crippen MR) is 108 cm³/mol. The zero-order valence-electron chi connectivity index (χ0n) is 15.8. The van der Waals surface area contributed by atoms with Crippen LogP contribution in [0.4, 0.5) is 0 Å². The van der Waals surface area contributed by atoms with Crippen LogP contribution in [0.25, 0.3) is 0 Å². The fourth-order valence-corrected chi connectivity index (χ4v) is 2.45.